The van der Waals surface area contributed by atoms with Crippen LogP contribution in [0.1, 0.15) is 68.3 Å². The molecule has 9 nitrogen and oxygen atoms in total. The lowest BCUT2D eigenvalue weighted by molar-refractivity contribution is -0.154. The lowest BCUT2D eigenvalue weighted by atomic mass is 9.98. The van der Waals surface area contributed by atoms with E-state index >= 15 is 0 Å². The molecule has 57 heavy (non-hydrogen) atoms. The highest BCUT2D eigenvalue weighted by molar-refractivity contribution is 6.13. The number of aryl methyl sites for hydroxylation is 3. The van der Waals surface area contributed by atoms with Gasteiger partial charge in [-0.25, -0.2) is 29.9 Å². The highest BCUT2D eigenvalue weighted by Gasteiger charge is 2.52. The van der Waals surface area contributed by atoms with Gasteiger partial charge in [0.2, 0.25) is 11.6 Å². The summed E-state index contributed by atoms with van der Waals surface area (Å²) in [6.45, 7) is 1.22. The van der Waals surface area contributed by atoms with Crippen molar-refractivity contribution in [3.05, 3.63) is 85.0 Å². The average Bonchev–Trinajstić information content (AvgIpc) is 3.74. The molecule has 0 aliphatic heterocycles. The Morgan fingerprint density at radius 2 is 0.614 bits per heavy atom. The molecule has 4 rings (SSSR count). The third kappa shape index (κ3) is 8.15. The molecule has 0 atom stereocenters. The molecule has 300 valence electrons. The Morgan fingerprint density at radius 3 is 0.842 bits per heavy atom. The monoisotopic (exact) mass is 837 g/mol. The molecule has 1 saturated carbocycles. The number of allylic oxidation sites excluding steroid dienone is 6. The molecule has 1 fully saturated rings. The van der Waals surface area contributed by atoms with Gasteiger partial charge in [0.25, 0.3) is 0 Å². The summed E-state index contributed by atoms with van der Waals surface area (Å²) >= 11 is 0. The molecule has 0 spiro atoms. The number of nitrogens with zero attached hydrogens (tertiary/aromatic N) is 9. The van der Waals surface area contributed by atoms with Crippen molar-refractivity contribution in [3.8, 4) is 18.2 Å². The molecule has 0 saturated heterocycles. The highest BCUT2D eigenvalue weighted by Crippen LogP contribution is 2.59. The van der Waals surface area contributed by atoms with E-state index in [9.17, 15) is 94.8 Å². The first-order valence-electron chi connectivity index (χ1n) is 14.3. The SMILES string of the molecule is Cc1nc(C(F)(F)F)c(C(C#N)=C2C(=C(C#N)c3c(C)nc(C(F)(F)F)nc3C(F)(F)F)C2=C(C#N)c2c(C)nc(C(F)(F)F)nc2C(F)(F)F)c(C(F)(F)F)n1. The molecule has 3 aromatic heterocycles. The summed E-state index contributed by atoms with van der Waals surface area (Å²) in [5, 5.41) is 30.3. The Morgan fingerprint density at radius 1 is 0.368 bits per heavy atom. The molecular formula is C30H9F18N9. The molecule has 3 aromatic rings. The summed E-state index contributed by atoms with van der Waals surface area (Å²) in [5.74, 6) is -6.28. The fourth-order valence-electron chi connectivity index (χ4n) is 5.28. The van der Waals surface area contributed by atoms with Gasteiger partial charge in [-0.3, -0.25) is 0 Å². The Bertz CT molecular complexity index is 2280. The van der Waals surface area contributed by atoms with Crippen molar-refractivity contribution in [2.24, 2.45) is 0 Å². The van der Waals surface area contributed by atoms with Crippen LogP contribution in [0.3, 0.4) is 0 Å². The van der Waals surface area contributed by atoms with E-state index < -0.39 is 139 Å². The van der Waals surface area contributed by atoms with Crippen LogP contribution in [0.2, 0.25) is 0 Å². The Balaban J connectivity index is 2.46. The first kappa shape index (κ1) is 43.4. The van der Waals surface area contributed by atoms with Crippen LogP contribution < -0.4 is 0 Å². The second kappa shape index (κ2) is 13.7. The van der Waals surface area contributed by atoms with Crippen molar-refractivity contribution in [1.82, 2.24) is 29.9 Å². The Hall–Kier alpha value is -6.33. The number of hydrogen-bond acceptors (Lipinski definition) is 9. The maximum absolute atomic E-state index is 14.3. The van der Waals surface area contributed by atoms with Gasteiger partial charge < -0.3 is 0 Å². The van der Waals surface area contributed by atoms with Gasteiger partial charge in [0.05, 0.1) is 33.7 Å². The summed E-state index contributed by atoms with van der Waals surface area (Å²) in [6, 6.07) is 2.74. The van der Waals surface area contributed by atoms with Crippen LogP contribution in [-0.2, 0) is 37.1 Å². The predicted molar refractivity (Wildman–Crippen MR) is 148 cm³/mol. The van der Waals surface area contributed by atoms with Gasteiger partial charge in [0, 0.05) is 27.8 Å². The summed E-state index contributed by atoms with van der Waals surface area (Å²) in [7, 11) is 0. The maximum atomic E-state index is 14.3. The molecule has 0 amide bonds. The Labute approximate surface area is 303 Å². The molecule has 0 bridgehead atoms. The first-order chi connectivity index (χ1) is 25.7. The van der Waals surface area contributed by atoms with E-state index in [1.54, 1.807) is 0 Å². The smallest absolute Gasteiger partial charge is 0.229 e. The second-order valence-corrected chi connectivity index (χ2v) is 11.1. The van der Waals surface area contributed by atoms with Crippen LogP contribution in [0.25, 0.3) is 16.7 Å². The van der Waals surface area contributed by atoms with Gasteiger partial charge in [-0.2, -0.15) is 94.8 Å². The molecule has 0 unspecified atom stereocenters. The number of hydrogen-bond donors (Lipinski definition) is 0. The Kier molecular flexibility index (Phi) is 10.4. The number of nitriles is 3. The molecular weight excluding hydrogens is 828 g/mol. The average molecular weight is 837 g/mol. The van der Waals surface area contributed by atoms with Crippen LogP contribution in [0, 0.1) is 54.8 Å². The van der Waals surface area contributed by atoms with E-state index in [-0.39, 0.29) is 0 Å². The fraction of sp³-hybridized carbons (Fsp3) is 0.300. The van der Waals surface area contributed by atoms with Gasteiger partial charge in [-0.1, -0.05) is 0 Å². The van der Waals surface area contributed by atoms with Crippen LogP contribution in [0.15, 0.2) is 16.7 Å². The summed E-state index contributed by atoms with van der Waals surface area (Å²) in [6.07, 6.45) is -35.6. The minimum atomic E-state index is -6.04. The predicted octanol–water partition coefficient (Wildman–Crippen LogP) is 9.34. The van der Waals surface area contributed by atoms with Crippen LogP contribution >= 0.6 is 0 Å². The van der Waals surface area contributed by atoms with Gasteiger partial charge in [-0.15, -0.1) is 0 Å². The van der Waals surface area contributed by atoms with Crippen molar-refractivity contribution in [1.29, 1.82) is 15.8 Å². The van der Waals surface area contributed by atoms with E-state index in [2.05, 4.69) is 29.9 Å². The molecule has 1 aliphatic rings. The van der Waals surface area contributed by atoms with Crippen LogP contribution in [-0.4, -0.2) is 29.9 Å². The van der Waals surface area contributed by atoms with Crippen molar-refractivity contribution < 1.29 is 79.0 Å². The minimum Gasteiger partial charge on any atom is -0.229 e. The number of rotatable bonds is 3. The zero-order chi connectivity index (χ0) is 43.8. The van der Waals surface area contributed by atoms with Crippen molar-refractivity contribution in [2.45, 2.75) is 57.8 Å². The van der Waals surface area contributed by atoms with Crippen LogP contribution in [0.5, 0.6) is 0 Å². The molecule has 0 aromatic carbocycles. The molecule has 3 heterocycles. The molecule has 27 heteroatoms. The van der Waals surface area contributed by atoms with E-state index in [0.29, 0.717) is 20.8 Å². The number of halogens is 18. The first-order valence-corrected chi connectivity index (χ1v) is 14.3. The summed E-state index contributed by atoms with van der Waals surface area (Å²) < 4.78 is 253. The minimum absolute atomic E-state index is 0.359. The quantitative estimate of drug-likeness (QED) is 0.186. The van der Waals surface area contributed by atoms with Crippen molar-refractivity contribution in [2.75, 3.05) is 0 Å². The van der Waals surface area contributed by atoms with E-state index in [0.717, 1.165) is 18.2 Å². The molecule has 1 aliphatic carbocycles. The maximum Gasteiger partial charge on any atom is 0.451 e. The van der Waals surface area contributed by atoms with Gasteiger partial charge in [0.15, 0.2) is 22.8 Å². The largest absolute Gasteiger partial charge is 0.451 e. The standard InChI is InChI=1S/C30H9F18N9/c1-7-13(19(25(31,32)33)56-23(52-7)29(43,44)45)10(4-49)15-16(11(5-50)14-8(2)53-24(30(46,47)48)57-20(14)26(34,35)36)17(15)12(6-51)18-21(27(37,38)39)54-9(3)55-22(18)28(40,41)42/h1-3H3. The second-order valence-electron chi connectivity index (χ2n) is 11.1. The fourth-order valence-corrected chi connectivity index (χ4v) is 5.28. The topological polar surface area (TPSA) is 149 Å². The van der Waals surface area contributed by atoms with Crippen molar-refractivity contribution >= 4 is 16.7 Å². The third-order valence-corrected chi connectivity index (χ3v) is 7.30. The number of aromatic nitrogens is 6. The zero-order valence-corrected chi connectivity index (χ0v) is 27.3. The van der Waals surface area contributed by atoms with Crippen LogP contribution in [0.4, 0.5) is 79.0 Å². The molecule has 0 radical (unpaired) electrons. The van der Waals surface area contributed by atoms with Gasteiger partial charge >= 0.3 is 37.1 Å². The third-order valence-electron chi connectivity index (χ3n) is 7.30. The normalized spacial score (nSPS) is 15.8. The van der Waals surface area contributed by atoms with E-state index in [4.69, 9.17) is 0 Å². The van der Waals surface area contributed by atoms with Gasteiger partial charge in [0.1, 0.15) is 24.0 Å². The molecule has 0 N–H and O–H groups in total. The summed E-state index contributed by atoms with van der Waals surface area (Å²) in [5.41, 5.74) is -29.9. The van der Waals surface area contributed by atoms with E-state index in [1.165, 1.54) is 0 Å². The highest BCUT2D eigenvalue weighted by atomic mass is 19.4. The van der Waals surface area contributed by atoms with Gasteiger partial charge in [-0.05, 0) is 20.8 Å². The summed E-state index contributed by atoms with van der Waals surface area (Å²) in [4.78, 5) is 16.0. The lowest BCUT2D eigenvalue weighted by Crippen LogP contribution is -2.21. The van der Waals surface area contributed by atoms with Crippen molar-refractivity contribution in [3.63, 3.8) is 0 Å². The number of alkyl halides is 18. The lowest BCUT2D eigenvalue weighted by Gasteiger charge is -2.17. The van der Waals surface area contributed by atoms with E-state index in [1.807, 2.05) is 0 Å². The zero-order valence-electron chi connectivity index (χ0n) is 27.3.